The summed E-state index contributed by atoms with van der Waals surface area (Å²) < 4.78 is 7.86. The first-order valence-electron chi connectivity index (χ1n) is 8.99. The van der Waals surface area contributed by atoms with E-state index in [-0.39, 0.29) is 12.3 Å². The predicted molar refractivity (Wildman–Crippen MR) is 106 cm³/mol. The molecule has 0 radical (unpaired) electrons. The number of aromatic nitrogens is 2. The summed E-state index contributed by atoms with van der Waals surface area (Å²) in [7, 11) is 0. The molecule has 0 aliphatic heterocycles. The minimum absolute atomic E-state index is 0.228. The highest BCUT2D eigenvalue weighted by Gasteiger charge is 2.22. The maximum atomic E-state index is 13.2. The average Bonchev–Trinajstić information content (AvgIpc) is 2.95. The largest absolute Gasteiger partial charge is 0.449 e. The molecule has 0 aliphatic rings. The smallest absolute Gasteiger partial charge is 0.426 e. The fraction of sp³-hybridized carbons (Fsp3) is 0.238. The van der Waals surface area contributed by atoms with E-state index in [1.807, 2.05) is 68.4 Å². The highest BCUT2D eigenvalue weighted by Crippen LogP contribution is 2.26. The maximum Gasteiger partial charge on any atom is 0.426 e. The summed E-state index contributed by atoms with van der Waals surface area (Å²) in [6.07, 6.45) is -0.0972. The van der Waals surface area contributed by atoms with Gasteiger partial charge >= 0.3 is 11.8 Å². The summed E-state index contributed by atoms with van der Waals surface area (Å²) in [6.45, 7) is 5.89. The normalized spacial score (nSPS) is 10.6. The van der Waals surface area contributed by atoms with Crippen LogP contribution in [0.2, 0.25) is 0 Å². The van der Waals surface area contributed by atoms with Gasteiger partial charge in [0.05, 0.1) is 23.7 Å². The monoisotopic (exact) mass is 365 g/mol. The molecule has 0 spiro atoms. The molecule has 1 amide bonds. The van der Waals surface area contributed by atoms with Crippen LogP contribution in [-0.4, -0.2) is 21.9 Å². The van der Waals surface area contributed by atoms with Crippen LogP contribution in [0.15, 0.2) is 59.4 Å². The molecule has 0 fully saturated rings. The van der Waals surface area contributed by atoms with Crippen LogP contribution in [0.1, 0.15) is 25.1 Å². The fourth-order valence-corrected chi connectivity index (χ4v) is 3.07. The zero-order chi connectivity index (χ0) is 19.4. The summed E-state index contributed by atoms with van der Waals surface area (Å²) in [5, 5.41) is 0. The van der Waals surface area contributed by atoms with Crippen LogP contribution in [0, 0.1) is 6.92 Å². The van der Waals surface area contributed by atoms with E-state index < -0.39 is 6.09 Å². The van der Waals surface area contributed by atoms with Crippen molar-refractivity contribution in [2.24, 2.45) is 0 Å². The highest BCUT2D eigenvalue weighted by atomic mass is 16.6. The van der Waals surface area contributed by atoms with Gasteiger partial charge in [-0.05, 0) is 32.4 Å². The Kier molecular flexibility index (Phi) is 5.45. The van der Waals surface area contributed by atoms with Crippen molar-refractivity contribution >= 4 is 6.09 Å². The first-order valence-corrected chi connectivity index (χ1v) is 8.99. The number of benzene rings is 2. The molecule has 2 aromatic carbocycles. The van der Waals surface area contributed by atoms with Crippen LogP contribution < -0.4 is 11.1 Å². The van der Waals surface area contributed by atoms with Crippen molar-refractivity contribution in [3.63, 3.8) is 0 Å². The molecule has 3 aromatic rings. The minimum atomic E-state index is -0.657. The van der Waals surface area contributed by atoms with E-state index in [9.17, 15) is 9.59 Å². The lowest BCUT2D eigenvalue weighted by atomic mass is 10.1. The number of amides is 1. The van der Waals surface area contributed by atoms with Crippen molar-refractivity contribution in [3.8, 4) is 16.9 Å². The third-order valence-electron chi connectivity index (χ3n) is 4.30. The van der Waals surface area contributed by atoms with Crippen LogP contribution in [-0.2, 0) is 11.2 Å². The Hall–Kier alpha value is -3.28. The zero-order valence-electron chi connectivity index (χ0n) is 15.7. The molecular formula is C21H23N3O3. The number of hydrogen-bond acceptors (Lipinski definition) is 3. The van der Waals surface area contributed by atoms with Crippen LogP contribution >= 0.6 is 0 Å². The average molecular weight is 365 g/mol. The molecule has 140 valence electrons. The quantitative estimate of drug-likeness (QED) is 0.746. The van der Waals surface area contributed by atoms with Crippen molar-refractivity contribution in [2.45, 2.75) is 27.2 Å². The van der Waals surface area contributed by atoms with Crippen molar-refractivity contribution in [1.29, 1.82) is 0 Å². The second kappa shape index (κ2) is 7.95. The van der Waals surface area contributed by atoms with Crippen molar-refractivity contribution < 1.29 is 9.53 Å². The molecule has 1 heterocycles. The molecule has 27 heavy (non-hydrogen) atoms. The van der Waals surface area contributed by atoms with E-state index in [2.05, 4.69) is 5.43 Å². The van der Waals surface area contributed by atoms with E-state index in [1.165, 1.54) is 4.68 Å². The molecule has 0 bridgehead atoms. The molecular weight excluding hydrogens is 342 g/mol. The third kappa shape index (κ3) is 3.65. The van der Waals surface area contributed by atoms with Gasteiger partial charge in [0.2, 0.25) is 0 Å². The van der Waals surface area contributed by atoms with Gasteiger partial charge in [-0.3, -0.25) is 4.57 Å². The van der Waals surface area contributed by atoms with E-state index in [4.69, 9.17) is 4.74 Å². The SMILES string of the molecule is CCOC(=O)Nn1c(CC)c(-c2ccccc2)n(-c2ccc(C)cc2)c1=O. The maximum absolute atomic E-state index is 13.2. The third-order valence-corrected chi connectivity index (χ3v) is 4.30. The topological polar surface area (TPSA) is 65.3 Å². The van der Waals surface area contributed by atoms with Crippen molar-refractivity contribution in [3.05, 3.63) is 76.3 Å². The first-order chi connectivity index (χ1) is 13.1. The van der Waals surface area contributed by atoms with Crippen LogP contribution in [0.4, 0.5) is 4.79 Å². The lowest BCUT2D eigenvalue weighted by Gasteiger charge is -2.10. The molecule has 6 nitrogen and oxygen atoms in total. The van der Waals surface area contributed by atoms with Gasteiger partial charge in [0, 0.05) is 5.56 Å². The summed E-state index contributed by atoms with van der Waals surface area (Å²) in [5.41, 5.74) is 6.42. The van der Waals surface area contributed by atoms with Gasteiger partial charge in [-0.25, -0.2) is 19.7 Å². The second-order valence-corrected chi connectivity index (χ2v) is 6.14. The number of carbonyl (C=O) groups is 1. The minimum Gasteiger partial charge on any atom is -0.449 e. The highest BCUT2D eigenvalue weighted by molar-refractivity contribution is 5.76. The Morgan fingerprint density at radius 2 is 1.70 bits per heavy atom. The lowest BCUT2D eigenvalue weighted by molar-refractivity contribution is 0.164. The van der Waals surface area contributed by atoms with Crippen LogP contribution in [0.3, 0.4) is 0 Å². The molecule has 0 aliphatic carbocycles. The second-order valence-electron chi connectivity index (χ2n) is 6.14. The van der Waals surface area contributed by atoms with Gasteiger partial charge in [-0.1, -0.05) is 55.0 Å². The molecule has 3 rings (SSSR count). The molecule has 0 atom stereocenters. The molecule has 0 saturated heterocycles. The number of nitrogens with one attached hydrogen (secondary N) is 1. The Balaban J connectivity index is 2.27. The fourth-order valence-electron chi connectivity index (χ4n) is 3.07. The first kappa shape index (κ1) is 18.5. The molecule has 0 saturated carbocycles. The predicted octanol–water partition coefficient (Wildman–Crippen LogP) is 3.88. The molecule has 0 unspecified atom stereocenters. The Bertz CT molecular complexity index is 986. The van der Waals surface area contributed by atoms with Gasteiger partial charge in [-0.2, -0.15) is 0 Å². The van der Waals surface area contributed by atoms with E-state index in [0.717, 1.165) is 22.5 Å². The Labute approximate surface area is 158 Å². The van der Waals surface area contributed by atoms with Crippen molar-refractivity contribution in [1.82, 2.24) is 9.24 Å². The molecule has 1 aromatic heterocycles. The van der Waals surface area contributed by atoms with Gasteiger partial charge < -0.3 is 4.74 Å². The van der Waals surface area contributed by atoms with Gasteiger partial charge in [0.1, 0.15) is 0 Å². The van der Waals surface area contributed by atoms with Gasteiger partial charge in [0.15, 0.2) is 0 Å². The van der Waals surface area contributed by atoms with Gasteiger partial charge in [0.25, 0.3) is 0 Å². The molecule has 1 N–H and O–H groups in total. The Morgan fingerprint density at radius 3 is 2.30 bits per heavy atom. The van der Waals surface area contributed by atoms with Gasteiger partial charge in [-0.15, -0.1) is 0 Å². The number of carbonyl (C=O) groups excluding carboxylic acids is 1. The number of ether oxygens (including phenoxy) is 1. The lowest BCUT2D eigenvalue weighted by Crippen LogP contribution is -2.35. The molecule has 6 heteroatoms. The summed E-state index contributed by atoms with van der Waals surface area (Å²) in [5.74, 6) is 0. The zero-order valence-corrected chi connectivity index (χ0v) is 15.7. The number of rotatable bonds is 5. The summed E-state index contributed by atoms with van der Waals surface area (Å²) in [6, 6.07) is 17.4. The number of aryl methyl sites for hydroxylation is 1. The van der Waals surface area contributed by atoms with E-state index in [0.29, 0.717) is 12.1 Å². The number of imidazole rings is 1. The Morgan fingerprint density at radius 1 is 1.04 bits per heavy atom. The summed E-state index contributed by atoms with van der Waals surface area (Å²) in [4.78, 5) is 25.2. The number of nitrogens with zero attached hydrogens (tertiary/aromatic N) is 2. The number of hydrogen-bond donors (Lipinski definition) is 1. The summed E-state index contributed by atoms with van der Waals surface area (Å²) >= 11 is 0. The van der Waals surface area contributed by atoms with Crippen LogP contribution in [0.25, 0.3) is 16.9 Å². The van der Waals surface area contributed by atoms with Crippen LogP contribution in [0.5, 0.6) is 0 Å². The van der Waals surface area contributed by atoms with E-state index >= 15 is 0 Å². The standard InChI is InChI=1S/C21H23N3O3/c1-4-18-19(16-9-7-6-8-10-16)23(17-13-11-15(3)12-14-17)21(26)24(18)22-20(25)27-5-2/h6-14H,4-5H2,1-3H3,(H,22,25). The van der Waals surface area contributed by atoms with Crippen molar-refractivity contribution in [2.75, 3.05) is 12.0 Å². The van der Waals surface area contributed by atoms with E-state index in [1.54, 1.807) is 11.5 Å².